The normalized spacial score (nSPS) is 28.6. The summed E-state index contributed by atoms with van der Waals surface area (Å²) >= 11 is 0. The van der Waals surface area contributed by atoms with Crippen molar-refractivity contribution in [3.05, 3.63) is 6.33 Å². The number of hydrogen-bond acceptors (Lipinski definition) is 9. The number of imidazole rings is 1. The SMILES string of the molecule is Nc1ncnc2c1nc(P(=O)(O)O)n2[C@@H]1O[C@H](CO)[C@@H](O)[C@H]1O. The first-order valence-electron chi connectivity index (χ1n) is 6.42. The molecule has 3 heterocycles. The van der Waals surface area contributed by atoms with Crippen molar-refractivity contribution in [2.45, 2.75) is 24.5 Å². The molecule has 2 aromatic heterocycles. The van der Waals surface area contributed by atoms with Gasteiger partial charge in [0.05, 0.1) is 6.61 Å². The molecule has 1 saturated heterocycles. The van der Waals surface area contributed by atoms with Crippen molar-refractivity contribution in [2.24, 2.45) is 0 Å². The number of aromatic nitrogens is 4. The Bertz CT molecular complexity index is 791. The van der Waals surface area contributed by atoms with E-state index in [1.807, 2.05) is 0 Å². The molecule has 0 aliphatic carbocycles. The number of nitrogen functional groups attached to an aromatic ring is 1. The monoisotopic (exact) mass is 347 g/mol. The van der Waals surface area contributed by atoms with Crippen molar-refractivity contribution < 1.29 is 34.4 Å². The maximum Gasteiger partial charge on any atom is 0.391 e. The Labute approximate surface area is 128 Å². The maximum absolute atomic E-state index is 11.7. The van der Waals surface area contributed by atoms with Crippen LogP contribution < -0.4 is 11.3 Å². The lowest BCUT2D eigenvalue weighted by Crippen LogP contribution is -2.35. The molecular formula is C10H14N5O7P. The summed E-state index contributed by atoms with van der Waals surface area (Å²) in [6.07, 6.45) is -4.50. The molecule has 7 N–H and O–H groups in total. The van der Waals surface area contributed by atoms with Crippen LogP contribution in [0.1, 0.15) is 6.23 Å². The largest absolute Gasteiger partial charge is 0.394 e. The van der Waals surface area contributed by atoms with Crippen LogP contribution in [-0.2, 0) is 9.30 Å². The van der Waals surface area contributed by atoms with Crippen LogP contribution in [0.2, 0.25) is 0 Å². The van der Waals surface area contributed by atoms with Crippen molar-refractivity contribution in [3.63, 3.8) is 0 Å². The predicted octanol–water partition coefficient (Wildman–Crippen LogP) is -3.18. The minimum atomic E-state index is -4.88. The summed E-state index contributed by atoms with van der Waals surface area (Å²) < 4.78 is 17.9. The summed E-state index contributed by atoms with van der Waals surface area (Å²) in [6, 6.07) is 0. The van der Waals surface area contributed by atoms with E-state index in [1.165, 1.54) is 0 Å². The number of anilines is 1. The van der Waals surface area contributed by atoms with E-state index in [0.717, 1.165) is 10.9 Å². The Morgan fingerprint density at radius 3 is 2.57 bits per heavy atom. The van der Waals surface area contributed by atoms with E-state index in [4.69, 9.17) is 15.6 Å². The Balaban J connectivity index is 2.24. The van der Waals surface area contributed by atoms with E-state index in [-0.39, 0.29) is 17.0 Å². The summed E-state index contributed by atoms with van der Waals surface area (Å²) in [5.74, 6) is -0.116. The average Bonchev–Trinajstić information content (AvgIpc) is 2.99. The number of nitrogens with zero attached hydrogens (tertiary/aromatic N) is 4. The molecule has 2 aromatic rings. The van der Waals surface area contributed by atoms with E-state index < -0.39 is 44.3 Å². The highest BCUT2D eigenvalue weighted by atomic mass is 31.2. The van der Waals surface area contributed by atoms with Gasteiger partial charge in [0, 0.05) is 0 Å². The van der Waals surface area contributed by atoms with Crippen LogP contribution >= 0.6 is 7.60 Å². The zero-order valence-electron chi connectivity index (χ0n) is 11.5. The third-order valence-electron chi connectivity index (χ3n) is 3.52. The lowest BCUT2D eigenvalue weighted by Gasteiger charge is -2.19. The summed E-state index contributed by atoms with van der Waals surface area (Å²) in [6.45, 7) is -0.594. The number of rotatable bonds is 3. The van der Waals surface area contributed by atoms with Crippen molar-refractivity contribution in [1.82, 2.24) is 19.5 Å². The Hall–Kier alpha value is -1.66. The smallest absolute Gasteiger partial charge is 0.391 e. The number of nitrogens with two attached hydrogens (primary N) is 1. The molecule has 1 aliphatic heterocycles. The zero-order valence-corrected chi connectivity index (χ0v) is 12.4. The van der Waals surface area contributed by atoms with Gasteiger partial charge in [0.1, 0.15) is 24.6 Å². The van der Waals surface area contributed by atoms with Crippen LogP contribution in [-0.4, -0.2) is 69.5 Å². The third kappa shape index (κ3) is 2.50. The summed E-state index contributed by atoms with van der Waals surface area (Å²) in [5, 5.41) is 29.1. The fourth-order valence-corrected chi connectivity index (χ4v) is 3.17. The Morgan fingerprint density at radius 1 is 1.30 bits per heavy atom. The number of ether oxygens (including phenoxy) is 1. The van der Waals surface area contributed by atoms with Gasteiger partial charge >= 0.3 is 7.60 Å². The van der Waals surface area contributed by atoms with Crippen LogP contribution in [0.3, 0.4) is 0 Å². The molecule has 0 bridgehead atoms. The fourth-order valence-electron chi connectivity index (χ4n) is 2.45. The van der Waals surface area contributed by atoms with Gasteiger partial charge in [0.15, 0.2) is 23.2 Å². The zero-order chi connectivity index (χ0) is 16.9. The molecule has 1 aliphatic rings. The van der Waals surface area contributed by atoms with Crippen molar-refractivity contribution in [1.29, 1.82) is 0 Å². The molecule has 13 heteroatoms. The van der Waals surface area contributed by atoms with E-state index in [9.17, 15) is 24.6 Å². The topological polar surface area (TPSA) is 197 Å². The number of aliphatic hydroxyl groups is 3. The molecule has 3 rings (SSSR count). The fraction of sp³-hybridized carbons (Fsp3) is 0.500. The van der Waals surface area contributed by atoms with Crippen LogP contribution in [0.5, 0.6) is 0 Å². The predicted molar refractivity (Wildman–Crippen MR) is 74.4 cm³/mol. The molecule has 4 atom stereocenters. The number of hydrogen-bond donors (Lipinski definition) is 6. The van der Waals surface area contributed by atoms with Crippen molar-refractivity contribution >= 4 is 30.1 Å². The molecule has 23 heavy (non-hydrogen) atoms. The second-order valence-corrected chi connectivity index (χ2v) is 6.47. The van der Waals surface area contributed by atoms with Gasteiger partial charge in [-0.25, -0.2) is 15.0 Å². The standard InChI is InChI=1S/C10H14N5O7P/c11-7-4-8(13-2-12-7)15(10(14-4)23(19,20)21)9-6(18)5(17)3(1-16)22-9/h2-3,5-6,9,16-18H,1H2,(H2,11,12,13)(H2,19,20,21)/t3-,5-,6-,9-/m1/s1. The highest BCUT2D eigenvalue weighted by Gasteiger charge is 2.46. The number of fused-ring (bicyclic) bond motifs is 1. The minimum absolute atomic E-state index is 0.0781. The van der Waals surface area contributed by atoms with Gasteiger partial charge in [0.2, 0.25) is 5.57 Å². The first kappa shape index (κ1) is 16.2. The summed E-state index contributed by atoms with van der Waals surface area (Å²) in [5.41, 5.74) is 4.72. The molecular weight excluding hydrogens is 333 g/mol. The third-order valence-corrected chi connectivity index (χ3v) is 4.36. The lowest BCUT2D eigenvalue weighted by atomic mass is 10.1. The molecule has 0 amide bonds. The van der Waals surface area contributed by atoms with Crippen molar-refractivity contribution in [2.75, 3.05) is 12.3 Å². The quantitative estimate of drug-likeness (QED) is 0.306. The minimum Gasteiger partial charge on any atom is -0.394 e. The summed E-state index contributed by atoms with van der Waals surface area (Å²) in [4.78, 5) is 30.3. The van der Waals surface area contributed by atoms with Gasteiger partial charge in [0.25, 0.3) is 0 Å². The van der Waals surface area contributed by atoms with E-state index >= 15 is 0 Å². The van der Waals surface area contributed by atoms with Crippen LogP contribution in [0.25, 0.3) is 11.2 Å². The van der Waals surface area contributed by atoms with Gasteiger partial charge in [-0.05, 0) is 0 Å². The average molecular weight is 347 g/mol. The molecule has 1 fully saturated rings. The molecule has 0 unspecified atom stereocenters. The van der Waals surface area contributed by atoms with Gasteiger partial charge < -0.3 is 35.6 Å². The first-order chi connectivity index (χ1) is 10.8. The summed E-state index contributed by atoms with van der Waals surface area (Å²) in [7, 11) is -4.88. The molecule has 0 spiro atoms. The molecule has 126 valence electrons. The molecule has 12 nitrogen and oxygen atoms in total. The highest BCUT2D eigenvalue weighted by molar-refractivity contribution is 7.59. The Morgan fingerprint density at radius 2 is 2.00 bits per heavy atom. The van der Waals surface area contributed by atoms with Crippen LogP contribution in [0, 0.1) is 0 Å². The van der Waals surface area contributed by atoms with E-state index in [1.54, 1.807) is 0 Å². The van der Waals surface area contributed by atoms with Gasteiger partial charge in [-0.2, -0.15) is 0 Å². The number of aliphatic hydroxyl groups excluding tert-OH is 3. The van der Waals surface area contributed by atoms with E-state index in [0.29, 0.717) is 0 Å². The van der Waals surface area contributed by atoms with Crippen molar-refractivity contribution in [3.8, 4) is 0 Å². The molecule has 0 saturated carbocycles. The maximum atomic E-state index is 11.7. The van der Waals surface area contributed by atoms with Gasteiger partial charge in [-0.15, -0.1) is 0 Å². The van der Waals surface area contributed by atoms with Crippen LogP contribution in [0.15, 0.2) is 6.33 Å². The molecule has 0 aromatic carbocycles. The van der Waals surface area contributed by atoms with E-state index in [2.05, 4.69) is 15.0 Å². The second-order valence-electron chi connectivity index (χ2n) is 4.99. The van der Waals surface area contributed by atoms with Gasteiger partial charge in [-0.1, -0.05) is 0 Å². The second kappa shape index (κ2) is 5.46. The lowest BCUT2D eigenvalue weighted by molar-refractivity contribution is -0.0499. The first-order valence-corrected chi connectivity index (χ1v) is 8.04. The molecule has 0 radical (unpaired) electrons. The van der Waals surface area contributed by atoms with Gasteiger partial charge in [-0.3, -0.25) is 9.13 Å². The Kier molecular flexibility index (Phi) is 3.84. The highest BCUT2D eigenvalue weighted by Crippen LogP contribution is 2.39. The van der Waals surface area contributed by atoms with Crippen LogP contribution in [0.4, 0.5) is 5.82 Å².